The third-order valence-corrected chi connectivity index (χ3v) is 6.63. The van der Waals surface area contributed by atoms with Gasteiger partial charge in [-0.15, -0.1) is 0 Å². The maximum atomic E-state index is 13.4. The van der Waals surface area contributed by atoms with E-state index in [0.717, 1.165) is 5.56 Å². The van der Waals surface area contributed by atoms with E-state index >= 15 is 0 Å². The molecule has 1 aliphatic heterocycles. The lowest BCUT2D eigenvalue weighted by Crippen LogP contribution is -2.53. The fraction of sp³-hybridized carbons (Fsp3) is 0.600. The molecular formula is C35H55N5O8. The van der Waals surface area contributed by atoms with E-state index in [-0.39, 0.29) is 30.8 Å². The predicted octanol–water partition coefficient (Wildman–Crippen LogP) is 3.27. The fourth-order valence-corrected chi connectivity index (χ4v) is 4.44. The summed E-state index contributed by atoms with van der Waals surface area (Å²) in [6.45, 7) is 14.7. The molecule has 48 heavy (non-hydrogen) atoms. The average Bonchev–Trinajstić information content (AvgIpc) is 3.40. The Kier molecular flexibility index (Phi) is 18.6. The number of hydrogen-bond donors (Lipinski definition) is 5. The zero-order valence-electron chi connectivity index (χ0n) is 29.6. The molecule has 0 aromatic heterocycles. The lowest BCUT2D eigenvalue weighted by Gasteiger charge is -2.24. The van der Waals surface area contributed by atoms with Crippen molar-refractivity contribution < 1.29 is 38.2 Å². The van der Waals surface area contributed by atoms with Crippen molar-refractivity contribution in [1.82, 2.24) is 26.6 Å². The standard InChI is InChI=1S/C32H47N5O8.C3H8/c1-20(2)16-25(37-26(38)18-34-28(40)21(3)35-31(43)45-32(4,5)6)30(42)36-24(17-23-14-15-33-29(23)41)12-13-27(39)44-19-22-10-8-7-9-11-22;1-3-2/h7-13,20-21,23-25H,14-19H2,1-6H3,(H,33,41)(H,34,40)(H,35,43)(H,36,42)(H,37,38);3H2,1-2H3/b13-12+;. The molecule has 1 aliphatic rings. The largest absolute Gasteiger partial charge is 0.458 e. The molecule has 1 fully saturated rings. The van der Waals surface area contributed by atoms with Gasteiger partial charge in [0.2, 0.25) is 23.6 Å². The Morgan fingerprint density at radius 3 is 2.19 bits per heavy atom. The highest BCUT2D eigenvalue weighted by molar-refractivity contribution is 5.92. The van der Waals surface area contributed by atoms with Gasteiger partial charge in [-0.2, -0.15) is 0 Å². The summed E-state index contributed by atoms with van der Waals surface area (Å²) in [5.74, 6) is -2.80. The summed E-state index contributed by atoms with van der Waals surface area (Å²) in [5.41, 5.74) is 0.0832. The van der Waals surface area contributed by atoms with Crippen LogP contribution in [0.25, 0.3) is 0 Å². The molecule has 1 aromatic rings. The van der Waals surface area contributed by atoms with E-state index in [0.29, 0.717) is 19.4 Å². The Bertz CT molecular complexity index is 1230. The van der Waals surface area contributed by atoms with E-state index in [9.17, 15) is 28.8 Å². The van der Waals surface area contributed by atoms with Crippen LogP contribution in [0.3, 0.4) is 0 Å². The maximum absolute atomic E-state index is 13.4. The van der Waals surface area contributed by atoms with Gasteiger partial charge in [0.15, 0.2) is 0 Å². The molecule has 5 amide bonds. The summed E-state index contributed by atoms with van der Waals surface area (Å²) in [6, 6.07) is 6.57. The van der Waals surface area contributed by atoms with Crippen LogP contribution < -0.4 is 26.6 Å². The molecule has 4 atom stereocenters. The van der Waals surface area contributed by atoms with Gasteiger partial charge in [-0.05, 0) is 58.4 Å². The van der Waals surface area contributed by atoms with Crippen LogP contribution in [0.5, 0.6) is 0 Å². The summed E-state index contributed by atoms with van der Waals surface area (Å²) in [5, 5.41) is 13.1. The van der Waals surface area contributed by atoms with Gasteiger partial charge in [-0.1, -0.05) is 70.5 Å². The summed E-state index contributed by atoms with van der Waals surface area (Å²) >= 11 is 0. The number of esters is 1. The number of alkyl carbamates (subject to hydrolysis) is 1. The Balaban J connectivity index is 0.00000369. The lowest BCUT2D eigenvalue weighted by molar-refractivity contribution is -0.139. The van der Waals surface area contributed by atoms with Crippen LogP contribution in [0.2, 0.25) is 0 Å². The van der Waals surface area contributed by atoms with Crippen molar-refractivity contribution >= 4 is 35.7 Å². The Labute approximate surface area is 284 Å². The third-order valence-electron chi connectivity index (χ3n) is 6.63. The number of rotatable bonds is 15. The Hall–Kier alpha value is -4.42. The van der Waals surface area contributed by atoms with Crippen molar-refractivity contribution in [2.24, 2.45) is 11.8 Å². The second kappa shape index (κ2) is 21.5. The highest BCUT2D eigenvalue weighted by Gasteiger charge is 2.30. The van der Waals surface area contributed by atoms with Crippen LogP contribution >= 0.6 is 0 Å². The molecule has 2 rings (SSSR count). The molecule has 0 radical (unpaired) electrons. The van der Waals surface area contributed by atoms with Gasteiger partial charge in [0.25, 0.3) is 0 Å². The van der Waals surface area contributed by atoms with Crippen molar-refractivity contribution in [3.63, 3.8) is 0 Å². The highest BCUT2D eigenvalue weighted by atomic mass is 16.6. The molecule has 1 aromatic carbocycles. The van der Waals surface area contributed by atoms with E-state index in [4.69, 9.17) is 9.47 Å². The molecule has 1 heterocycles. The minimum Gasteiger partial charge on any atom is -0.458 e. The zero-order valence-corrected chi connectivity index (χ0v) is 29.6. The fourth-order valence-electron chi connectivity index (χ4n) is 4.44. The SMILES string of the molecule is CC(C)CC(NC(=O)CNC(=O)C(C)NC(=O)OC(C)(C)C)C(=O)NC(/C=C/C(=O)OCc1ccccc1)CC1CCNC1=O.CCC. The van der Waals surface area contributed by atoms with Crippen LogP contribution in [0, 0.1) is 11.8 Å². The van der Waals surface area contributed by atoms with Crippen molar-refractivity contribution in [3.8, 4) is 0 Å². The molecular weight excluding hydrogens is 618 g/mol. The molecule has 1 saturated heterocycles. The minimum atomic E-state index is -0.970. The van der Waals surface area contributed by atoms with Crippen molar-refractivity contribution in [3.05, 3.63) is 48.0 Å². The highest BCUT2D eigenvalue weighted by Crippen LogP contribution is 2.17. The van der Waals surface area contributed by atoms with Gasteiger partial charge in [0, 0.05) is 24.6 Å². The summed E-state index contributed by atoms with van der Waals surface area (Å²) in [4.78, 5) is 75.1. The van der Waals surface area contributed by atoms with Gasteiger partial charge < -0.3 is 36.1 Å². The van der Waals surface area contributed by atoms with Crippen molar-refractivity contribution in [2.45, 2.75) is 111 Å². The van der Waals surface area contributed by atoms with Gasteiger partial charge in [-0.25, -0.2) is 9.59 Å². The van der Waals surface area contributed by atoms with E-state index < -0.39 is 60.1 Å². The first-order valence-corrected chi connectivity index (χ1v) is 16.6. The van der Waals surface area contributed by atoms with Gasteiger partial charge in [0.1, 0.15) is 24.3 Å². The van der Waals surface area contributed by atoms with Crippen LogP contribution in [-0.4, -0.2) is 72.5 Å². The average molecular weight is 674 g/mol. The van der Waals surface area contributed by atoms with Crippen molar-refractivity contribution in [2.75, 3.05) is 13.1 Å². The first-order chi connectivity index (χ1) is 22.5. The van der Waals surface area contributed by atoms with Crippen LogP contribution in [0.1, 0.15) is 86.6 Å². The van der Waals surface area contributed by atoms with E-state index in [1.807, 2.05) is 44.2 Å². The summed E-state index contributed by atoms with van der Waals surface area (Å²) in [6.07, 6.45) is 4.32. The minimum absolute atomic E-state index is 0.0243. The number of nitrogens with one attached hydrogen (secondary N) is 5. The molecule has 5 N–H and O–H groups in total. The van der Waals surface area contributed by atoms with E-state index in [2.05, 4.69) is 40.4 Å². The number of carbonyl (C=O) groups excluding carboxylic acids is 6. The van der Waals surface area contributed by atoms with Crippen molar-refractivity contribution in [1.29, 1.82) is 0 Å². The quantitative estimate of drug-likeness (QED) is 0.139. The first kappa shape index (κ1) is 41.6. The normalized spacial score (nSPS) is 16.0. The molecule has 0 aliphatic carbocycles. The van der Waals surface area contributed by atoms with E-state index in [1.54, 1.807) is 20.8 Å². The lowest BCUT2D eigenvalue weighted by atomic mass is 9.97. The monoisotopic (exact) mass is 673 g/mol. The Morgan fingerprint density at radius 1 is 0.979 bits per heavy atom. The molecule has 0 spiro atoms. The second-order valence-corrected chi connectivity index (χ2v) is 13.1. The number of hydrogen-bond acceptors (Lipinski definition) is 8. The molecule has 13 nitrogen and oxygen atoms in total. The number of ether oxygens (including phenoxy) is 2. The number of benzene rings is 1. The molecule has 13 heteroatoms. The summed E-state index contributed by atoms with van der Waals surface area (Å²) < 4.78 is 10.4. The van der Waals surface area contributed by atoms with Gasteiger partial charge in [0.05, 0.1) is 6.54 Å². The number of carbonyl (C=O) groups is 6. The molecule has 0 saturated carbocycles. The second-order valence-electron chi connectivity index (χ2n) is 13.1. The third kappa shape index (κ3) is 18.1. The topological polar surface area (TPSA) is 181 Å². The van der Waals surface area contributed by atoms with Crippen LogP contribution in [0.15, 0.2) is 42.5 Å². The smallest absolute Gasteiger partial charge is 0.408 e. The number of amides is 5. The van der Waals surface area contributed by atoms with Crippen LogP contribution in [-0.2, 0) is 40.1 Å². The Morgan fingerprint density at radius 2 is 1.62 bits per heavy atom. The summed E-state index contributed by atoms with van der Waals surface area (Å²) in [7, 11) is 0. The van der Waals surface area contributed by atoms with Crippen LogP contribution in [0.4, 0.5) is 4.79 Å². The van der Waals surface area contributed by atoms with Gasteiger partial charge in [-0.3, -0.25) is 19.2 Å². The maximum Gasteiger partial charge on any atom is 0.408 e. The zero-order chi connectivity index (χ0) is 36.3. The molecule has 4 unspecified atom stereocenters. The van der Waals surface area contributed by atoms with Gasteiger partial charge >= 0.3 is 12.1 Å². The molecule has 0 bridgehead atoms. The van der Waals surface area contributed by atoms with E-state index in [1.165, 1.54) is 25.5 Å². The molecule has 268 valence electrons. The first-order valence-electron chi connectivity index (χ1n) is 16.6. The predicted molar refractivity (Wildman–Crippen MR) is 182 cm³/mol.